The van der Waals surface area contributed by atoms with Crippen LogP contribution < -0.4 is 0 Å². The summed E-state index contributed by atoms with van der Waals surface area (Å²) in [7, 11) is 0. The van der Waals surface area contributed by atoms with Gasteiger partial charge >= 0.3 is 0 Å². The lowest BCUT2D eigenvalue weighted by atomic mass is 10.2. The maximum absolute atomic E-state index is 5.37. The molecule has 0 aliphatic heterocycles. The minimum Gasteiger partial charge on any atom is -0.464 e. The second kappa shape index (κ2) is 5.17. The third-order valence-electron chi connectivity index (χ3n) is 2.45. The molecule has 1 nitrogen and oxygen atoms in total. The van der Waals surface area contributed by atoms with Crippen molar-refractivity contribution in [2.45, 2.75) is 32.6 Å². The molecule has 0 saturated heterocycles. The smallest absolute Gasteiger partial charge is 0.143 e. The Morgan fingerprint density at radius 1 is 1.20 bits per heavy atom. The van der Waals surface area contributed by atoms with Gasteiger partial charge in [-0.25, -0.2) is 0 Å². The van der Waals surface area contributed by atoms with Crippen LogP contribution in [0.2, 0.25) is 0 Å². The monoisotopic (exact) mass is 220 g/mol. The summed E-state index contributed by atoms with van der Waals surface area (Å²) < 4.78 is 5.37. The quantitative estimate of drug-likeness (QED) is 0.663. The van der Waals surface area contributed by atoms with E-state index in [-0.39, 0.29) is 0 Å². The van der Waals surface area contributed by atoms with E-state index in [0.717, 1.165) is 5.76 Å². The number of aryl methyl sites for hydroxylation is 1. The zero-order valence-electron chi connectivity index (χ0n) is 9.03. The summed E-state index contributed by atoms with van der Waals surface area (Å²) in [5.41, 5.74) is 0. The zero-order valence-corrected chi connectivity index (χ0v) is 9.85. The van der Waals surface area contributed by atoms with Gasteiger partial charge in [0.2, 0.25) is 0 Å². The van der Waals surface area contributed by atoms with E-state index < -0.39 is 0 Å². The van der Waals surface area contributed by atoms with Gasteiger partial charge in [0.1, 0.15) is 5.76 Å². The van der Waals surface area contributed by atoms with E-state index in [1.54, 1.807) is 6.26 Å². The molecule has 0 atom stereocenters. The third-order valence-corrected chi connectivity index (χ3v) is 3.61. The van der Waals surface area contributed by atoms with E-state index in [4.69, 9.17) is 4.42 Å². The highest BCUT2D eigenvalue weighted by Gasteiger charge is 2.04. The Bertz CT molecular complexity index is 386. The molecule has 0 radical (unpaired) electrons. The van der Waals surface area contributed by atoms with Gasteiger partial charge in [0.25, 0.3) is 0 Å². The summed E-state index contributed by atoms with van der Waals surface area (Å²) in [6, 6.07) is 8.33. The lowest BCUT2D eigenvalue weighted by molar-refractivity contribution is 0.584. The van der Waals surface area contributed by atoms with E-state index >= 15 is 0 Å². The number of hydrogen-bond acceptors (Lipinski definition) is 2. The lowest BCUT2D eigenvalue weighted by Crippen LogP contribution is -1.78. The third kappa shape index (κ3) is 2.72. The van der Waals surface area contributed by atoms with Crippen molar-refractivity contribution in [3.8, 4) is 10.6 Å². The molecule has 15 heavy (non-hydrogen) atoms. The van der Waals surface area contributed by atoms with Crippen molar-refractivity contribution < 1.29 is 4.42 Å². The largest absolute Gasteiger partial charge is 0.464 e. The molecule has 2 aromatic heterocycles. The SMILES string of the molecule is CCCCCc1ccc(-c2ccco2)s1. The molecule has 0 bridgehead atoms. The second-order valence-electron chi connectivity index (χ2n) is 3.70. The molecular weight excluding hydrogens is 204 g/mol. The average molecular weight is 220 g/mol. The van der Waals surface area contributed by atoms with E-state index in [1.807, 2.05) is 23.5 Å². The second-order valence-corrected chi connectivity index (χ2v) is 4.87. The number of rotatable bonds is 5. The number of furan rings is 1. The highest BCUT2D eigenvalue weighted by molar-refractivity contribution is 7.15. The Morgan fingerprint density at radius 3 is 2.87 bits per heavy atom. The molecule has 2 rings (SSSR count). The van der Waals surface area contributed by atoms with Crippen molar-refractivity contribution in [2.24, 2.45) is 0 Å². The molecule has 0 aliphatic carbocycles. The van der Waals surface area contributed by atoms with Crippen LogP contribution in [0.4, 0.5) is 0 Å². The summed E-state index contributed by atoms with van der Waals surface area (Å²) in [5.74, 6) is 0.988. The Hall–Kier alpha value is -1.02. The Morgan fingerprint density at radius 2 is 2.13 bits per heavy atom. The predicted molar refractivity (Wildman–Crippen MR) is 65.3 cm³/mol. The normalized spacial score (nSPS) is 10.7. The average Bonchev–Trinajstić information content (AvgIpc) is 2.87. The van der Waals surface area contributed by atoms with Gasteiger partial charge in [-0.15, -0.1) is 11.3 Å². The molecule has 2 heterocycles. The van der Waals surface area contributed by atoms with E-state index in [2.05, 4.69) is 19.1 Å². The standard InChI is InChI=1S/C13H16OS/c1-2-3-4-6-11-8-9-13(15-11)12-7-5-10-14-12/h5,7-10H,2-4,6H2,1H3. The van der Waals surface area contributed by atoms with Gasteiger partial charge in [-0.1, -0.05) is 19.8 Å². The van der Waals surface area contributed by atoms with Crippen molar-refractivity contribution in [3.63, 3.8) is 0 Å². The number of thiophene rings is 1. The van der Waals surface area contributed by atoms with Crippen LogP contribution in [0, 0.1) is 0 Å². The van der Waals surface area contributed by atoms with Crippen molar-refractivity contribution in [1.29, 1.82) is 0 Å². The maximum Gasteiger partial charge on any atom is 0.143 e. The fraction of sp³-hybridized carbons (Fsp3) is 0.385. The molecule has 0 saturated carbocycles. The molecule has 0 unspecified atom stereocenters. The van der Waals surface area contributed by atoms with E-state index in [9.17, 15) is 0 Å². The first-order valence-electron chi connectivity index (χ1n) is 5.52. The van der Waals surface area contributed by atoms with Crippen LogP contribution in [0.5, 0.6) is 0 Å². The Kier molecular flexibility index (Phi) is 3.62. The Balaban J connectivity index is 1.98. The van der Waals surface area contributed by atoms with Crippen LogP contribution in [-0.2, 0) is 6.42 Å². The van der Waals surface area contributed by atoms with Crippen molar-refractivity contribution in [2.75, 3.05) is 0 Å². The van der Waals surface area contributed by atoms with Crippen molar-refractivity contribution >= 4 is 11.3 Å². The molecular formula is C13H16OS. The van der Waals surface area contributed by atoms with E-state index in [1.165, 1.54) is 35.4 Å². The summed E-state index contributed by atoms with van der Waals surface area (Å²) in [6.07, 6.45) is 6.85. The van der Waals surface area contributed by atoms with E-state index in [0.29, 0.717) is 0 Å². The zero-order chi connectivity index (χ0) is 10.5. The summed E-state index contributed by atoms with van der Waals surface area (Å²) in [5, 5.41) is 0. The maximum atomic E-state index is 5.37. The first-order chi connectivity index (χ1) is 7.40. The molecule has 2 heteroatoms. The van der Waals surface area contributed by atoms with Crippen molar-refractivity contribution in [1.82, 2.24) is 0 Å². The van der Waals surface area contributed by atoms with Crippen LogP contribution in [-0.4, -0.2) is 0 Å². The van der Waals surface area contributed by atoms with Gasteiger partial charge in [-0.3, -0.25) is 0 Å². The van der Waals surface area contributed by atoms with Gasteiger partial charge in [0.15, 0.2) is 0 Å². The Labute approximate surface area is 94.7 Å². The molecule has 0 aromatic carbocycles. The fourth-order valence-electron chi connectivity index (χ4n) is 1.61. The highest BCUT2D eigenvalue weighted by Crippen LogP contribution is 2.29. The van der Waals surface area contributed by atoms with Gasteiger partial charge in [0.05, 0.1) is 11.1 Å². The topological polar surface area (TPSA) is 13.1 Å². The van der Waals surface area contributed by atoms with Crippen LogP contribution in [0.25, 0.3) is 10.6 Å². The number of unbranched alkanes of at least 4 members (excludes halogenated alkanes) is 2. The van der Waals surface area contributed by atoms with Gasteiger partial charge in [0, 0.05) is 4.88 Å². The molecule has 0 amide bonds. The molecule has 0 spiro atoms. The molecule has 2 aromatic rings. The van der Waals surface area contributed by atoms with Gasteiger partial charge in [-0.2, -0.15) is 0 Å². The van der Waals surface area contributed by atoms with Crippen molar-refractivity contribution in [3.05, 3.63) is 35.4 Å². The fourth-order valence-corrected chi connectivity index (χ4v) is 2.63. The minimum absolute atomic E-state index is 0.988. The van der Waals surface area contributed by atoms with Crippen LogP contribution >= 0.6 is 11.3 Å². The molecule has 80 valence electrons. The molecule has 0 aliphatic rings. The summed E-state index contributed by atoms with van der Waals surface area (Å²) in [6.45, 7) is 2.24. The predicted octanol–water partition coefficient (Wildman–Crippen LogP) is 4.74. The molecule has 0 N–H and O–H groups in total. The minimum atomic E-state index is 0.988. The molecule has 0 fully saturated rings. The van der Waals surface area contributed by atoms with Crippen LogP contribution in [0.3, 0.4) is 0 Å². The van der Waals surface area contributed by atoms with Gasteiger partial charge in [-0.05, 0) is 37.1 Å². The first-order valence-corrected chi connectivity index (χ1v) is 6.34. The highest BCUT2D eigenvalue weighted by atomic mass is 32.1. The van der Waals surface area contributed by atoms with Crippen LogP contribution in [0.1, 0.15) is 31.1 Å². The lowest BCUT2D eigenvalue weighted by Gasteiger charge is -1.94. The number of hydrogen-bond donors (Lipinski definition) is 0. The summed E-state index contributed by atoms with van der Waals surface area (Å²) >= 11 is 1.85. The van der Waals surface area contributed by atoms with Crippen LogP contribution in [0.15, 0.2) is 34.9 Å². The van der Waals surface area contributed by atoms with Gasteiger partial charge < -0.3 is 4.42 Å². The summed E-state index contributed by atoms with van der Waals surface area (Å²) in [4.78, 5) is 2.71. The first kappa shape index (κ1) is 10.5.